The molecule has 15 rings (SSSR count). The van der Waals surface area contributed by atoms with Crippen molar-refractivity contribution in [1.29, 1.82) is 0 Å². The number of ether oxygens (including phenoxy) is 7. The second kappa shape index (κ2) is 40.5. The van der Waals surface area contributed by atoms with E-state index in [4.69, 9.17) is 67.8 Å². The lowest BCUT2D eigenvalue weighted by Crippen LogP contribution is -2.71. The standard InChI is InChI=1S/C88H96Cl2N12O26.H2O/c1-37(2)23-53(93-6)80(114)100-69-71(108)43-17-21-57(51(89)26-43)124-59-28-45-29-60(76(59)128-87-77(74(111)73(110)61(35-103)126-87)127-63-33-88(5,92)78(112)39(4)123-63)125-58-22-18-44(27-52(58)90)72(109)70-86(120)99-68(82(116)94-34-41-13-10-14-46(24-41)95-79(113)48-19-15-38(3)75(67(48)102-121)122-36-40-11-8-7-9-12-40)50-30-47(104)31-56(106)64(50)49-25-42(16-20-55(49)105)65(83(117)101-70)98-84(118)66(45)97-81(115)54(32-62(91)107)96-85(69)119;/h7-22,24-31,37,39,53-54,61,63,65-66,68-74,77-78,87,93,103-106,108-112H,23,32-36,92,102H2,1-6H3,(H2,91,107)(H,94,116)(H,95,113)(H,96,119)(H,97,115)(H,98,118)(H,99,120)(H,100,114)(H,101,117);1H2/t39-,53+,54-,61+,63-,65+,66?,68+,69+,70-,71+,72+,73+,74-,77+,78+,87-,88-;/m0./s1. The highest BCUT2D eigenvalue weighted by molar-refractivity contribution is 6.32. The monoisotopic (exact) mass is 1820 g/mol. The van der Waals surface area contributed by atoms with E-state index in [0.717, 1.165) is 72.3 Å². The molecule has 0 aromatic heterocycles. The summed E-state index contributed by atoms with van der Waals surface area (Å²) in [6, 6.07) is 17.8. The van der Waals surface area contributed by atoms with Gasteiger partial charge in [0.15, 0.2) is 35.3 Å². The number of aliphatic hydroxyl groups excluding tert-OH is 6. The lowest BCUT2D eigenvalue weighted by Gasteiger charge is -2.47. The van der Waals surface area contributed by atoms with Gasteiger partial charge in [0, 0.05) is 41.4 Å². The molecule has 0 spiro atoms. The van der Waals surface area contributed by atoms with Gasteiger partial charge in [-0.05, 0) is 157 Å². The number of halogens is 2. The third kappa shape index (κ3) is 21.3. The zero-order valence-electron chi connectivity index (χ0n) is 69.9. The van der Waals surface area contributed by atoms with Crippen molar-refractivity contribution >= 4 is 87.7 Å². The minimum absolute atomic E-state index is 0. The van der Waals surface area contributed by atoms with E-state index in [1.165, 1.54) is 57.3 Å². The van der Waals surface area contributed by atoms with Crippen LogP contribution >= 0.6 is 23.2 Å². The number of hydrogen-bond donors (Lipinski definition) is 21. The molecule has 39 nitrogen and oxygen atoms in total. The van der Waals surface area contributed by atoms with Crippen molar-refractivity contribution in [2.75, 3.05) is 19.0 Å². The van der Waals surface area contributed by atoms with Gasteiger partial charge in [-0.3, -0.25) is 43.2 Å². The van der Waals surface area contributed by atoms with Gasteiger partial charge in [0.1, 0.15) is 108 Å². The van der Waals surface area contributed by atoms with Gasteiger partial charge in [0.05, 0.1) is 41.3 Å². The van der Waals surface area contributed by atoms with Gasteiger partial charge in [0.2, 0.25) is 59.3 Å². The number of hydrogen-bond acceptors (Lipinski definition) is 28. The van der Waals surface area contributed by atoms with Crippen LogP contribution in [0.4, 0.5) is 11.4 Å². The average Bonchev–Trinajstić information content (AvgIpc) is 0.762. The van der Waals surface area contributed by atoms with E-state index in [2.05, 4.69) is 47.9 Å². The van der Waals surface area contributed by atoms with Crippen molar-refractivity contribution in [3.63, 3.8) is 0 Å². The number of aryl methyl sites for hydroxylation is 1. The number of amides is 9. The van der Waals surface area contributed by atoms with Crippen LogP contribution in [0.15, 0.2) is 146 Å². The van der Waals surface area contributed by atoms with Crippen molar-refractivity contribution in [2.24, 2.45) is 17.4 Å². The summed E-state index contributed by atoms with van der Waals surface area (Å²) in [5.74, 6) is -16.0. The number of primary amides is 1. The van der Waals surface area contributed by atoms with Crippen LogP contribution in [-0.4, -0.2) is 197 Å². The van der Waals surface area contributed by atoms with Gasteiger partial charge in [0.25, 0.3) is 5.91 Å². The van der Waals surface area contributed by atoms with Crippen LogP contribution < -0.4 is 83.7 Å². The number of likely N-dealkylation sites (N-methyl/N-ethyl adjacent to an activating group) is 1. The second-order valence-corrected chi connectivity index (χ2v) is 33.1. The topological polar surface area (TPSA) is 632 Å². The molecule has 0 aliphatic carbocycles. The fourth-order valence-corrected chi connectivity index (χ4v) is 16.2. The molecule has 9 amide bonds. The van der Waals surface area contributed by atoms with E-state index in [1.54, 1.807) is 19.1 Å². The molecule has 11 bridgehead atoms. The predicted molar refractivity (Wildman–Crippen MR) is 458 cm³/mol. The van der Waals surface area contributed by atoms with Crippen molar-refractivity contribution in [3.05, 3.63) is 211 Å². The molecule has 7 aliphatic rings. The maximum Gasteiger partial charge on any atom is 0.261 e. The molecule has 8 aromatic rings. The highest BCUT2D eigenvalue weighted by Crippen LogP contribution is 2.50. The van der Waals surface area contributed by atoms with E-state index < -0.39 is 250 Å². The van der Waals surface area contributed by atoms with Gasteiger partial charge in [-0.15, -0.1) is 0 Å². The Morgan fingerprint density at radius 1 is 0.690 bits per heavy atom. The molecule has 8 aromatic carbocycles. The van der Waals surface area contributed by atoms with Crippen molar-refractivity contribution in [1.82, 2.24) is 42.5 Å². The summed E-state index contributed by atoms with van der Waals surface area (Å²) in [5, 5.41) is 142. The zero-order chi connectivity index (χ0) is 92.2. The van der Waals surface area contributed by atoms with E-state index in [-0.39, 0.29) is 81.0 Å². The third-order valence-corrected chi connectivity index (χ3v) is 23.0. The first-order valence-corrected chi connectivity index (χ1v) is 41.3. The molecule has 41 heteroatoms. The maximum absolute atomic E-state index is 16.4. The summed E-state index contributed by atoms with van der Waals surface area (Å²) >= 11 is 14.4. The minimum Gasteiger partial charge on any atom is -0.630 e. The van der Waals surface area contributed by atoms with Crippen LogP contribution in [0, 0.1) is 18.0 Å². The number of nitrogens with one attached hydrogen (secondary N) is 9. The molecule has 18 atom stereocenters. The Morgan fingerprint density at radius 2 is 1.33 bits per heavy atom. The molecular weight excluding hydrogens is 1730 g/mol. The van der Waals surface area contributed by atoms with Crippen LogP contribution in [0.2, 0.25) is 10.0 Å². The van der Waals surface area contributed by atoms with Gasteiger partial charge >= 0.3 is 0 Å². The molecule has 1 unspecified atom stereocenters. The number of aromatic hydroxyl groups is 3. The molecule has 686 valence electrons. The fourth-order valence-electron chi connectivity index (χ4n) is 15.7. The highest BCUT2D eigenvalue weighted by atomic mass is 35.5. The zero-order valence-corrected chi connectivity index (χ0v) is 71.5. The van der Waals surface area contributed by atoms with Crippen LogP contribution in [0.25, 0.3) is 11.1 Å². The lowest BCUT2D eigenvalue weighted by atomic mass is 9.86. The third-order valence-electron chi connectivity index (χ3n) is 22.4. The molecule has 7 heterocycles. The first-order valence-electron chi connectivity index (χ1n) is 40.6. The average molecular weight is 1830 g/mol. The van der Waals surface area contributed by atoms with Crippen LogP contribution in [-0.2, 0) is 65.7 Å². The summed E-state index contributed by atoms with van der Waals surface area (Å²) in [6.07, 6.45) is -18.9. The number of phenolic OH excluding ortho intramolecular Hbond substituents is 3. The molecule has 26 N–H and O–H groups in total. The first kappa shape index (κ1) is 95.7. The van der Waals surface area contributed by atoms with Gasteiger partial charge in [-0.25, -0.2) is 0 Å². The largest absolute Gasteiger partial charge is 0.630 e. The van der Waals surface area contributed by atoms with Gasteiger partial charge in [-0.2, -0.15) is 0 Å². The molecule has 2 saturated heterocycles. The van der Waals surface area contributed by atoms with E-state index in [0.29, 0.717) is 16.6 Å². The minimum atomic E-state index is -2.39. The smallest absolute Gasteiger partial charge is 0.261 e. The summed E-state index contributed by atoms with van der Waals surface area (Å²) in [7, 11) is 1.47. The number of anilines is 1. The Labute approximate surface area is 746 Å². The molecule has 2 fully saturated rings. The van der Waals surface area contributed by atoms with E-state index in [9.17, 15) is 65.5 Å². The van der Waals surface area contributed by atoms with Crippen molar-refractivity contribution in [2.45, 2.75) is 176 Å². The molecule has 0 saturated carbocycles. The Balaban J connectivity index is 0.0000151. The van der Waals surface area contributed by atoms with Crippen LogP contribution in [0.1, 0.15) is 132 Å². The Kier molecular flexibility index (Phi) is 30.1. The molecular formula is C88H98Cl2N12O27. The van der Waals surface area contributed by atoms with Crippen molar-refractivity contribution < 1.29 is 133 Å². The number of carbonyl (C=O) groups is 9. The van der Waals surface area contributed by atoms with Gasteiger partial charge in [-0.1, -0.05) is 104 Å². The number of aliphatic hydroxyl groups is 6. The summed E-state index contributed by atoms with van der Waals surface area (Å²) in [5.41, 5.74) is 10.5. The molecule has 7 aliphatic heterocycles. The lowest BCUT2D eigenvalue weighted by molar-refractivity contribution is -0.498. The predicted octanol–water partition coefficient (Wildman–Crippen LogP) is 2.35. The first-order chi connectivity index (χ1) is 60.9. The molecule has 0 radical (unpaired) electrons. The number of carbonyl (C=O) groups excluding carboxylic acids is 9. The number of phenols is 3. The summed E-state index contributed by atoms with van der Waals surface area (Å²) < 4.78 is 44.8. The fraction of sp³-hybridized carbons (Fsp3) is 0.352. The Hall–Kier alpha value is -12.4. The van der Waals surface area contributed by atoms with Crippen LogP contribution in [0.5, 0.6) is 51.7 Å². The normalized spacial score (nSPS) is 25.4. The summed E-state index contributed by atoms with van der Waals surface area (Å²) in [6.45, 7) is 7.02. The van der Waals surface area contributed by atoms with E-state index in [1.807, 2.05) is 44.2 Å². The SMILES string of the molecule is CN[C@H](CC(C)C)C(=O)N[C@H]1C(=O)N[C@@H](CC(N)=O)C(=O)NC2C(=O)N[C@H]3C(=O)N[C@H](C(=O)N[C@@H](C(=O)NCc4cccc(NC(=O)c5ccc(C)c(OCc6ccccc6)c5[NH2+][O-])c4)c4cc(O)cc(O)c4-c4cc3ccc4O)[C@H](O)c3ccc(c(Cl)c3)Oc3cc2cc(c3O[C@@H]2O[C@H](CO)[C@@H](O)[C@H](O)[C@H]2O[C@H]2C[C@](C)(N)[C@H](O)[C@H](C)O2)Oc2ccc(cc2Cl)[C@H]1O.O. The number of nitrogens with two attached hydrogens (primary N) is 3. The van der Waals surface area contributed by atoms with Crippen molar-refractivity contribution in [3.8, 4) is 62.9 Å². The second-order valence-electron chi connectivity index (χ2n) is 32.3. The number of benzene rings is 8. The van der Waals surface area contributed by atoms with E-state index >= 15 is 28.8 Å². The van der Waals surface area contributed by atoms with Gasteiger partial charge < -0.3 is 155 Å². The summed E-state index contributed by atoms with van der Waals surface area (Å²) in [4.78, 5) is 136. The number of rotatable bonds is 21. The maximum atomic E-state index is 16.4. The Morgan fingerprint density at radius 3 is 1.97 bits per heavy atom. The van der Waals surface area contributed by atoms with Crippen LogP contribution in [0.3, 0.4) is 0 Å². The number of fused-ring (bicyclic) bond motifs is 15. The molecule has 129 heavy (non-hydrogen) atoms. The highest BCUT2D eigenvalue weighted by Gasteiger charge is 2.52. The number of quaternary nitrogens is 1. The Bertz CT molecular complexity index is 5580. The quantitative estimate of drug-likeness (QED) is 0.0362.